The van der Waals surface area contributed by atoms with Gasteiger partial charge in [-0.25, -0.2) is 5.01 Å². The van der Waals surface area contributed by atoms with Crippen molar-refractivity contribution in [2.75, 3.05) is 13.1 Å². The van der Waals surface area contributed by atoms with Crippen LogP contribution in [0, 0.1) is 5.92 Å². The van der Waals surface area contributed by atoms with Crippen LogP contribution in [0.25, 0.3) is 0 Å². The van der Waals surface area contributed by atoms with Crippen molar-refractivity contribution in [2.45, 2.75) is 52.2 Å². The first-order chi connectivity index (χ1) is 11.2. The molecule has 1 fully saturated rings. The van der Waals surface area contributed by atoms with E-state index in [1.165, 1.54) is 11.1 Å². The molecule has 5 nitrogen and oxygen atoms in total. The number of allylic oxidation sites excluding steroid dienone is 2. The van der Waals surface area contributed by atoms with Crippen molar-refractivity contribution in [3.63, 3.8) is 0 Å². The van der Waals surface area contributed by atoms with Gasteiger partial charge < -0.3 is 10.6 Å². The van der Waals surface area contributed by atoms with Gasteiger partial charge in [-0.15, -0.1) is 0 Å². The Bertz CT molecular complexity index is 545. The lowest BCUT2D eigenvalue weighted by molar-refractivity contribution is -0.122. The van der Waals surface area contributed by atoms with E-state index >= 15 is 0 Å². The standard InChI is InChI=1S/C18H28N4O/c1-4-9-21(10-5-2)22-12-14-11-16(23)20-13(3)17(14)15-7-6-8-19-18(15)22/h6-8,12-13,17-19H,4-5,9-11H2,1-3H3,(H,20,23). The number of piperidine rings is 1. The molecule has 0 radical (unpaired) electrons. The second-order valence-electron chi connectivity index (χ2n) is 6.64. The van der Waals surface area contributed by atoms with E-state index in [0.717, 1.165) is 25.9 Å². The van der Waals surface area contributed by atoms with E-state index < -0.39 is 0 Å². The van der Waals surface area contributed by atoms with Crippen LogP contribution in [-0.4, -0.2) is 41.2 Å². The summed E-state index contributed by atoms with van der Waals surface area (Å²) in [4.78, 5) is 12.0. The van der Waals surface area contributed by atoms with Crippen molar-refractivity contribution in [3.05, 3.63) is 35.7 Å². The van der Waals surface area contributed by atoms with E-state index in [4.69, 9.17) is 0 Å². The monoisotopic (exact) mass is 316 g/mol. The van der Waals surface area contributed by atoms with Gasteiger partial charge in [-0.05, 0) is 43.2 Å². The highest BCUT2D eigenvalue weighted by Crippen LogP contribution is 2.38. The third-order valence-electron chi connectivity index (χ3n) is 4.82. The van der Waals surface area contributed by atoms with Gasteiger partial charge in [0.15, 0.2) is 0 Å². The molecule has 3 heterocycles. The largest absolute Gasteiger partial charge is 0.367 e. The molecule has 1 amide bonds. The zero-order valence-corrected chi connectivity index (χ0v) is 14.4. The van der Waals surface area contributed by atoms with Gasteiger partial charge >= 0.3 is 0 Å². The van der Waals surface area contributed by atoms with Gasteiger partial charge in [0, 0.05) is 31.2 Å². The number of carbonyl (C=O) groups is 1. The second-order valence-corrected chi connectivity index (χ2v) is 6.64. The Hall–Kier alpha value is -1.75. The minimum Gasteiger partial charge on any atom is -0.367 e. The highest BCUT2D eigenvalue weighted by atomic mass is 16.1. The summed E-state index contributed by atoms with van der Waals surface area (Å²) < 4.78 is 0. The van der Waals surface area contributed by atoms with Crippen LogP contribution in [-0.2, 0) is 4.79 Å². The van der Waals surface area contributed by atoms with Crippen molar-refractivity contribution in [1.29, 1.82) is 0 Å². The molecule has 1 saturated heterocycles. The molecule has 23 heavy (non-hydrogen) atoms. The van der Waals surface area contributed by atoms with Crippen LogP contribution in [0.1, 0.15) is 40.0 Å². The SMILES string of the molecule is CCCN(CCC)N1C=C2CC(=O)NC(C)C2C2=CC=CNC21. The van der Waals surface area contributed by atoms with Crippen LogP contribution < -0.4 is 10.6 Å². The van der Waals surface area contributed by atoms with Crippen molar-refractivity contribution >= 4 is 5.91 Å². The van der Waals surface area contributed by atoms with Gasteiger partial charge in [-0.3, -0.25) is 9.80 Å². The summed E-state index contributed by atoms with van der Waals surface area (Å²) in [6, 6.07) is 0.150. The van der Waals surface area contributed by atoms with Gasteiger partial charge in [-0.1, -0.05) is 19.9 Å². The molecule has 3 unspecified atom stereocenters. The number of amides is 1. The Morgan fingerprint density at radius 2 is 2.04 bits per heavy atom. The molecule has 0 aromatic heterocycles. The van der Waals surface area contributed by atoms with Gasteiger partial charge in [0.1, 0.15) is 6.17 Å². The smallest absolute Gasteiger partial charge is 0.224 e. The Morgan fingerprint density at radius 1 is 1.30 bits per heavy atom. The van der Waals surface area contributed by atoms with E-state index in [1.807, 2.05) is 6.20 Å². The third-order valence-corrected chi connectivity index (χ3v) is 4.82. The van der Waals surface area contributed by atoms with Gasteiger partial charge in [0.25, 0.3) is 0 Å². The highest BCUT2D eigenvalue weighted by Gasteiger charge is 2.41. The molecular formula is C18H28N4O. The number of hydrogen-bond donors (Lipinski definition) is 2. The summed E-state index contributed by atoms with van der Waals surface area (Å²) in [6.45, 7) is 8.59. The lowest BCUT2D eigenvalue weighted by Crippen LogP contribution is -2.59. The fourth-order valence-corrected chi connectivity index (χ4v) is 3.98. The number of dihydropyridines is 1. The zero-order valence-electron chi connectivity index (χ0n) is 14.4. The summed E-state index contributed by atoms with van der Waals surface area (Å²) in [6.07, 6.45) is 11.4. The van der Waals surface area contributed by atoms with E-state index in [9.17, 15) is 4.79 Å². The normalized spacial score (nSPS) is 29.3. The summed E-state index contributed by atoms with van der Waals surface area (Å²) in [5.41, 5.74) is 2.59. The Balaban J connectivity index is 1.98. The maximum Gasteiger partial charge on any atom is 0.224 e. The molecule has 2 N–H and O–H groups in total. The lowest BCUT2D eigenvalue weighted by Gasteiger charge is -2.49. The van der Waals surface area contributed by atoms with Crippen LogP contribution >= 0.6 is 0 Å². The molecular weight excluding hydrogens is 288 g/mol. The maximum atomic E-state index is 12.0. The van der Waals surface area contributed by atoms with Crippen LogP contribution in [0.5, 0.6) is 0 Å². The molecule has 0 aromatic carbocycles. The minimum atomic E-state index is 0.135. The number of carbonyl (C=O) groups excluding carboxylic acids is 1. The van der Waals surface area contributed by atoms with E-state index in [0.29, 0.717) is 12.3 Å². The average Bonchev–Trinajstić information content (AvgIpc) is 2.53. The van der Waals surface area contributed by atoms with Crippen LogP contribution in [0.15, 0.2) is 35.7 Å². The van der Waals surface area contributed by atoms with Crippen molar-refractivity contribution in [2.24, 2.45) is 5.92 Å². The fourth-order valence-electron chi connectivity index (χ4n) is 3.98. The molecule has 5 heteroatoms. The maximum absolute atomic E-state index is 12.0. The fraction of sp³-hybridized carbons (Fsp3) is 0.611. The Kier molecular flexibility index (Phi) is 4.76. The molecule has 3 atom stereocenters. The Labute approximate surface area is 139 Å². The molecule has 0 spiro atoms. The second kappa shape index (κ2) is 6.79. The number of hydrazine groups is 1. The molecule has 3 rings (SSSR count). The molecule has 0 bridgehead atoms. The minimum absolute atomic E-state index is 0.135. The number of rotatable bonds is 5. The first-order valence-corrected chi connectivity index (χ1v) is 8.81. The van der Waals surface area contributed by atoms with E-state index in [2.05, 4.69) is 59.8 Å². The summed E-state index contributed by atoms with van der Waals surface area (Å²) >= 11 is 0. The van der Waals surface area contributed by atoms with Crippen molar-refractivity contribution in [3.8, 4) is 0 Å². The molecule has 126 valence electrons. The van der Waals surface area contributed by atoms with Crippen LogP contribution in [0.2, 0.25) is 0 Å². The Morgan fingerprint density at radius 3 is 2.74 bits per heavy atom. The number of nitrogens with one attached hydrogen (secondary N) is 2. The zero-order chi connectivity index (χ0) is 16.4. The van der Waals surface area contributed by atoms with E-state index in [-0.39, 0.29) is 18.1 Å². The predicted molar refractivity (Wildman–Crippen MR) is 91.9 cm³/mol. The number of nitrogens with zero attached hydrogens (tertiary/aromatic N) is 2. The molecule has 3 aliphatic heterocycles. The van der Waals surface area contributed by atoms with Crippen molar-refractivity contribution < 1.29 is 4.79 Å². The molecule has 0 aromatic rings. The lowest BCUT2D eigenvalue weighted by atomic mass is 9.77. The molecule has 3 aliphatic rings. The first kappa shape index (κ1) is 16.1. The average molecular weight is 316 g/mol. The summed E-state index contributed by atoms with van der Waals surface area (Å²) in [5.74, 6) is 0.437. The molecule has 0 aliphatic carbocycles. The highest BCUT2D eigenvalue weighted by molar-refractivity contribution is 5.81. The number of fused-ring (bicyclic) bond motifs is 3. The topological polar surface area (TPSA) is 47.6 Å². The number of hydrogen-bond acceptors (Lipinski definition) is 4. The van der Waals surface area contributed by atoms with Crippen LogP contribution in [0.3, 0.4) is 0 Å². The van der Waals surface area contributed by atoms with Gasteiger partial charge in [0.2, 0.25) is 5.91 Å². The van der Waals surface area contributed by atoms with E-state index in [1.54, 1.807) is 0 Å². The quantitative estimate of drug-likeness (QED) is 0.816. The van der Waals surface area contributed by atoms with Crippen molar-refractivity contribution in [1.82, 2.24) is 20.7 Å². The van der Waals surface area contributed by atoms with Crippen LogP contribution in [0.4, 0.5) is 0 Å². The predicted octanol–water partition coefficient (Wildman–Crippen LogP) is 2.12. The third kappa shape index (κ3) is 3.02. The molecule has 0 saturated carbocycles. The van der Waals surface area contributed by atoms with Gasteiger partial charge in [0.05, 0.1) is 6.42 Å². The summed E-state index contributed by atoms with van der Waals surface area (Å²) in [7, 11) is 0. The van der Waals surface area contributed by atoms with Gasteiger partial charge in [-0.2, -0.15) is 0 Å². The first-order valence-electron chi connectivity index (χ1n) is 8.81. The summed E-state index contributed by atoms with van der Waals surface area (Å²) in [5, 5.41) is 11.3.